The van der Waals surface area contributed by atoms with Gasteiger partial charge in [0.05, 0.1) is 26.4 Å². The van der Waals surface area contributed by atoms with Crippen molar-refractivity contribution < 1.29 is 14.2 Å². The lowest BCUT2D eigenvalue weighted by Gasteiger charge is -2.34. The van der Waals surface area contributed by atoms with Crippen molar-refractivity contribution in [3.63, 3.8) is 0 Å². The molecule has 0 aromatic heterocycles. The van der Waals surface area contributed by atoms with Gasteiger partial charge in [-0.15, -0.1) is 0 Å². The molecule has 0 aliphatic carbocycles. The molecule has 0 fully saturated rings. The highest BCUT2D eigenvalue weighted by Crippen LogP contribution is 2.20. The molecule has 0 amide bonds. The molecule has 30 heavy (non-hydrogen) atoms. The SMILES string of the molecule is C1=NC[C@H](OCc2ccccc2)[C@@H](OCc2ccccc2)[C@@H]1OCc1ccccc1. The Balaban J connectivity index is 1.43. The average molecular weight is 402 g/mol. The van der Waals surface area contributed by atoms with Gasteiger partial charge in [-0.2, -0.15) is 0 Å². The van der Waals surface area contributed by atoms with Gasteiger partial charge in [-0.1, -0.05) is 91.0 Å². The summed E-state index contributed by atoms with van der Waals surface area (Å²) < 4.78 is 18.8. The summed E-state index contributed by atoms with van der Waals surface area (Å²) in [5.74, 6) is 0. The molecule has 0 bridgehead atoms. The maximum Gasteiger partial charge on any atom is 0.121 e. The first-order valence-corrected chi connectivity index (χ1v) is 10.3. The number of benzene rings is 3. The molecule has 3 aromatic rings. The minimum absolute atomic E-state index is 0.167. The van der Waals surface area contributed by atoms with E-state index in [1.165, 1.54) is 0 Å². The molecule has 1 heterocycles. The second-order valence-electron chi connectivity index (χ2n) is 7.37. The molecule has 0 saturated heterocycles. The van der Waals surface area contributed by atoms with E-state index in [-0.39, 0.29) is 18.3 Å². The monoisotopic (exact) mass is 401 g/mol. The molecule has 0 radical (unpaired) electrons. The quantitative estimate of drug-likeness (QED) is 0.516. The number of hydrogen-bond donors (Lipinski definition) is 0. The first kappa shape index (κ1) is 20.5. The lowest BCUT2D eigenvalue weighted by atomic mass is 10.0. The number of hydrogen-bond acceptors (Lipinski definition) is 4. The summed E-state index contributed by atoms with van der Waals surface area (Å²) in [7, 11) is 0. The zero-order valence-corrected chi connectivity index (χ0v) is 17.0. The highest BCUT2D eigenvalue weighted by Gasteiger charge is 2.34. The highest BCUT2D eigenvalue weighted by atomic mass is 16.6. The van der Waals surface area contributed by atoms with Crippen molar-refractivity contribution in [2.75, 3.05) is 6.54 Å². The Kier molecular flexibility index (Phi) is 7.40. The third-order valence-corrected chi connectivity index (χ3v) is 5.11. The molecule has 1 aliphatic rings. The van der Waals surface area contributed by atoms with E-state index in [4.69, 9.17) is 14.2 Å². The van der Waals surface area contributed by atoms with Gasteiger partial charge in [-0.25, -0.2) is 0 Å². The maximum atomic E-state index is 6.33. The molecule has 4 nitrogen and oxygen atoms in total. The fraction of sp³-hybridized carbons (Fsp3) is 0.269. The molecule has 3 atom stereocenters. The third-order valence-electron chi connectivity index (χ3n) is 5.11. The minimum atomic E-state index is -0.261. The van der Waals surface area contributed by atoms with Crippen LogP contribution in [0.4, 0.5) is 0 Å². The summed E-state index contributed by atoms with van der Waals surface area (Å²) >= 11 is 0. The van der Waals surface area contributed by atoms with Crippen LogP contribution in [0.1, 0.15) is 16.7 Å². The lowest BCUT2D eigenvalue weighted by molar-refractivity contribution is -0.132. The van der Waals surface area contributed by atoms with Gasteiger partial charge in [0.15, 0.2) is 0 Å². The van der Waals surface area contributed by atoms with Gasteiger partial charge in [0, 0.05) is 6.21 Å². The Hall–Kier alpha value is -2.79. The molecule has 3 aromatic carbocycles. The molecule has 4 heteroatoms. The van der Waals surface area contributed by atoms with E-state index in [1.54, 1.807) is 0 Å². The number of rotatable bonds is 9. The third kappa shape index (κ3) is 5.86. The van der Waals surface area contributed by atoms with Crippen LogP contribution in [0.25, 0.3) is 0 Å². The van der Waals surface area contributed by atoms with Crippen molar-refractivity contribution >= 4 is 6.21 Å². The summed E-state index contributed by atoms with van der Waals surface area (Å²) in [4.78, 5) is 4.51. The van der Waals surface area contributed by atoms with Crippen molar-refractivity contribution in [3.8, 4) is 0 Å². The predicted molar refractivity (Wildman–Crippen MR) is 118 cm³/mol. The smallest absolute Gasteiger partial charge is 0.121 e. The van der Waals surface area contributed by atoms with E-state index in [0.29, 0.717) is 26.4 Å². The van der Waals surface area contributed by atoms with Crippen LogP contribution in [0.5, 0.6) is 0 Å². The summed E-state index contributed by atoms with van der Waals surface area (Å²) in [6.07, 6.45) is 1.21. The second-order valence-corrected chi connectivity index (χ2v) is 7.37. The summed E-state index contributed by atoms with van der Waals surface area (Å²) in [6.45, 7) is 2.11. The normalized spacial score (nSPS) is 20.9. The van der Waals surface area contributed by atoms with Gasteiger partial charge in [0.25, 0.3) is 0 Å². The van der Waals surface area contributed by atoms with E-state index in [0.717, 1.165) is 16.7 Å². The molecular formula is C26H27NO3. The van der Waals surface area contributed by atoms with E-state index < -0.39 is 0 Å². The number of ether oxygens (including phenoxy) is 3. The largest absolute Gasteiger partial charge is 0.369 e. The van der Waals surface area contributed by atoms with Crippen molar-refractivity contribution in [2.24, 2.45) is 4.99 Å². The standard InChI is InChI=1S/C26H27NO3/c1-4-10-21(11-5-1)18-28-24-16-27-17-25(29-19-22-12-6-2-7-13-22)26(24)30-20-23-14-8-3-9-15-23/h1-16,24-26H,17-20H2/t24-,25+,26+/m1/s1. The molecule has 154 valence electrons. The van der Waals surface area contributed by atoms with Crippen molar-refractivity contribution in [3.05, 3.63) is 108 Å². The Morgan fingerprint density at radius 1 is 0.600 bits per heavy atom. The van der Waals surface area contributed by atoms with Gasteiger partial charge in [-0.3, -0.25) is 4.99 Å². The van der Waals surface area contributed by atoms with Crippen molar-refractivity contribution in [1.29, 1.82) is 0 Å². The van der Waals surface area contributed by atoms with E-state index in [9.17, 15) is 0 Å². The van der Waals surface area contributed by atoms with Gasteiger partial charge in [0.2, 0.25) is 0 Å². The first-order chi connectivity index (χ1) is 14.9. The Bertz CT molecular complexity index is 899. The van der Waals surface area contributed by atoms with Crippen LogP contribution in [0, 0.1) is 0 Å². The van der Waals surface area contributed by atoms with Gasteiger partial charge >= 0.3 is 0 Å². The molecule has 4 rings (SSSR count). The van der Waals surface area contributed by atoms with Crippen molar-refractivity contribution in [2.45, 2.75) is 38.1 Å². The van der Waals surface area contributed by atoms with E-state index in [2.05, 4.69) is 41.4 Å². The predicted octanol–water partition coefficient (Wildman–Crippen LogP) is 4.83. The van der Waals surface area contributed by atoms with E-state index in [1.807, 2.05) is 60.8 Å². The van der Waals surface area contributed by atoms with Crippen LogP contribution in [-0.4, -0.2) is 31.1 Å². The summed E-state index contributed by atoms with van der Waals surface area (Å²) in [6, 6.07) is 30.5. The Morgan fingerprint density at radius 3 is 1.60 bits per heavy atom. The zero-order chi connectivity index (χ0) is 20.4. The van der Waals surface area contributed by atoms with Crippen LogP contribution in [0.15, 0.2) is 96.0 Å². The fourth-order valence-electron chi connectivity index (χ4n) is 3.47. The molecular weight excluding hydrogens is 374 g/mol. The molecule has 0 N–H and O–H groups in total. The molecule has 0 saturated carbocycles. The maximum absolute atomic E-state index is 6.33. The molecule has 0 spiro atoms. The van der Waals surface area contributed by atoms with Gasteiger partial charge in [0.1, 0.15) is 18.3 Å². The zero-order valence-electron chi connectivity index (χ0n) is 17.0. The number of aliphatic imine (C=N–C) groups is 1. The van der Waals surface area contributed by atoms with Crippen molar-refractivity contribution in [1.82, 2.24) is 0 Å². The molecule has 0 unspecified atom stereocenters. The van der Waals surface area contributed by atoms with Crippen LogP contribution < -0.4 is 0 Å². The van der Waals surface area contributed by atoms with Crippen LogP contribution in [0.3, 0.4) is 0 Å². The highest BCUT2D eigenvalue weighted by molar-refractivity contribution is 5.65. The van der Waals surface area contributed by atoms with Crippen LogP contribution in [0.2, 0.25) is 0 Å². The Morgan fingerprint density at radius 2 is 1.07 bits per heavy atom. The fourth-order valence-corrected chi connectivity index (χ4v) is 3.47. The minimum Gasteiger partial charge on any atom is -0.369 e. The first-order valence-electron chi connectivity index (χ1n) is 10.3. The lowest BCUT2D eigenvalue weighted by Crippen LogP contribution is -2.47. The summed E-state index contributed by atoms with van der Waals surface area (Å²) in [5.41, 5.74) is 3.39. The van der Waals surface area contributed by atoms with Gasteiger partial charge < -0.3 is 14.2 Å². The molecule has 1 aliphatic heterocycles. The topological polar surface area (TPSA) is 40.0 Å². The van der Waals surface area contributed by atoms with Gasteiger partial charge in [-0.05, 0) is 16.7 Å². The summed E-state index contributed by atoms with van der Waals surface area (Å²) in [5, 5.41) is 0. The average Bonchev–Trinajstić information content (AvgIpc) is 2.82. The second kappa shape index (κ2) is 10.8. The van der Waals surface area contributed by atoms with Crippen LogP contribution >= 0.6 is 0 Å². The number of nitrogens with zero attached hydrogens (tertiary/aromatic N) is 1. The van der Waals surface area contributed by atoms with Crippen LogP contribution in [-0.2, 0) is 34.0 Å². The Labute approximate surface area is 178 Å². The van der Waals surface area contributed by atoms with E-state index >= 15 is 0 Å².